The number of ketones is 1. The molecule has 0 saturated heterocycles. The third-order valence-corrected chi connectivity index (χ3v) is 5.53. The SMILES string of the molecule is O=C(Cn1c(=O)n2nc(-c3cccc(F)c3)nc2c2ccccc21)c1ccc(Br)cc1. The van der Waals surface area contributed by atoms with Crippen molar-refractivity contribution in [2.75, 3.05) is 0 Å². The summed E-state index contributed by atoms with van der Waals surface area (Å²) in [5.74, 6) is -0.387. The minimum Gasteiger partial charge on any atom is -0.292 e. The summed E-state index contributed by atoms with van der Waals surface area (Å²) in [6.45, 7) is -0.147. The van der Waals surface area contributed by atoms with Gasteiger partial charge in [0.15, 0.2) is 17.3 Å². The summed E-state index contributed by atoms with van der Waals surface area (Å²) in [7, 11) is 0. The average molecular weight is 477 g/mol. The lowest BCUT2D eigenvalue weighted by atomic mass is 10.1. The molecule has 0 spiro atoms. The van der Waals surface area contributed by atoms with Gasteiger partial charge in [-0.2, -0.15) is 4.52 Å². The first-order valence-electron chi connectivity index (χ1n) is 9.44. The number of nitrogens with zero attached hydrogens (tertiary/aromatic N) is 4. The van der Waals surface area contributed by atoms with E-state index in [9.17, 15) is 14.0 Å². The monoisotopic (exact) mass is 476 g/mol. The maximum atomic E-state index is 13.7. The van der Waals surface area contributed by atoms with Gasteiger partial charge in [0.1, 0.15) is 5.82 Å². The molecule has 2 aromatic heterocycles. The fourth-order valence-corrected chi connectivity index (χ4v) is 3.77. The van der Waals surface area contributed by atoms with Crippen LogP contribution < -0.4 is 5.69 Å². The van der Waals surface area contributed by atoms with E-state index in [0.717, 1.165) is 8.99 Å². The second-order valence-corrected chi connectivity index (χ2v) is 7.91. The van der Waals surface area contributed by atoms with Crippen molar-refractivity contribution in [1.82, 2.24) is 19.2 Å². The van der Waals surface area contributed by atoms with E-state index in [1.807, 2.05) is 12.1 Å². The molecule has 6 nitrogen and oxygen atoms in total. The Labute approximate surface area is 183 Å². The lowest BCUT2D eigenvalue weighted by Crippen LogP contribution is -2.30. The van der Waals surface area contributed by atoms with Crippen molar-refractivity contribution in [3.8, 4) is 11.4 Å². The number of carbonyl (C=O) groups is 1. The first-order chi connectivity index (χ1) is 15.0. The molecule has 0 amide bonds. The first kappa shape index (κ1) is 19.3. The smallest absolute Gasteiger partial charge is 0.292 e. The number of halogens is 2. The molecule has 8 heteroatoms. The average Bonchev–Trinajstić information content (AvgIpc) is 3.23. The van der Waals surface area contributed by atoms with Gasteiger partial charge < -0.3 is 0 Å². The van der Waals surface area contributed by atoms with E-state index < -0.39 is 11.5 Å². The molecule has 0 bridgehead atoms. The zero-order valence-electron chi connectivity index (χ0n) is 16.0. The van der Waals surface area contributed by atoms with Crippen molar-refractivity contribution in [1.29, 1.82) is 0 Å². The molecule has 0 saturated carbocycles. The van der Waals surface area contributed by atoms with E-state index in [1.54, 1.807) is 48.5 Å². The fourth-order valence-electron chi connectivity index (χ4n) is 3.51. The summed E-state index contributed by atoms with van der Waals surface area (Å²) in [6, 6.07) is 20.0. The van der Waals surface area contributed by atoms with Gasteiger partial charge in [-0.05, 0) is 36.4 Å². The van der Waals surface area contributed by atoms with Gasteiger partial charge in [0, 0.05) is 21.0 Å². The van der Waals surface area contributed by atoms with Crippen LogP contribution in [-0.4, -0.2) is 24.9 Å². The maximum absolute atomic E-state index is 13.7. The maximum Gasteiger partial charge on any atom is 0.351 e. The van der Waals surface area contributed by atoms with E-state index >= 15 is 0 Å². The van der Waals surface area contributed by atoms with E-state index in [2.05, 4.69) is 26.0 Å². The van der Waals surface area contributed by atoms with E-state index in [1.165, 1.54) is 16.7 Å². The van der Waals surface area contributed by atoms with Crippen molar-refractivity contribution in [2.24, 2.45) is 0 Å². The lowest BCUT2D eigenvalue weighted by molar-refractivity contribution is 0.0971. The van der Waals surface area contributed by atoms with Gasteiger partial charge >= 0.3 is 5.69 Å². The molecule has 0 N–H and O–H groups in total. The topological polar surface area (TPSA) is 69.3 Å². The molecule has 2 heterocycles. The predicted molar refractivity (Wildman–Crippen MR) is 119 cm³/mol. The van der Waals surface area contributed by atoms with Gasteiger partial charge in [-0.15, -0.1) is 5.10 Å². The summed E-state index contributed by atoms with van der Waals surface area (Å²) in [5.41, 5.74) is 1.40. The number of benzene rings is 3. The Morgan fingerprint density at radius 3 is 2.55 bits per heavy atom. The highest BCUT2D eigenvalue weighted by Crippen LogP contribution is 2.22. The van der Waals surface area contributed by atoms with Crippen LogP contribution in [-0.2, 0) is 6.54 Å². The second-order valence-electron chi connectivity index (χ2n) is 7.00. The Balaban J connectivity index is 1.69. The Kier molecular flexibility index (Phi) is 4.71. The molecular weight excluding hydrogens is 463 g/mol. The molecule has 0 aliphatic rings. The second kappa shape index (κ2) is 7.55. The third-order valence-electron chi connectivity index (χ3n) is 5.01. The zero-order chi connectivity index (χ0) is 21.5. The van der Waals surface area contributed by atoms with E-state index in [4.69, 9.17) is 0 Å². The van der Waals surface area contributed by atoms with Crippen LogP contribution in [0, 0.1) is 5.82 Å². The Morgan fingerprint density at radius 1 is 1.00 bits per heavy atom. The minimum atomic E-state index is -0.491. The van der Waals surface area contributed by atoms with E-state index in [0.29, 0.717) is 27.7 Å². The van der Waals surface area contributed by atoms with Crippen LogP contribution in [0.1, 0.15) is 10.4 Å². The molecular formula is C23H14BrFN4O2. The minimum absolute atomic E-state index is 0.147. The highest BCUT2D eigenvalue weighted by molar-refractivity contribution is 9.10. The number of aromatic nitrogens is 4. The van der Waals surface area contributed by atoms with Gasteiger partial charge in [-0.3, -0.25) is 9.36 Å². The summed E-state index contributed by atoms with van der Waals surface area (Å²) in [6.07, 6.45) is 0. The molecule has 0 fully saturated rings. The third kappa shape index (κ3) is 3.44. The van der Waals surface area contributed by atoms with Crippen LogP contribution >= 0.6 is 15.9 Å². The number of hydrogen-bond donors (Lipinski definition) is 0. The Hall–Kier alpha value is -3.65. The largest absolute Gasteiger partial charge is 0.351 e. The number of Topliss-reactive ketones (excluding diaryl/α,β-unsaturated/α-hetero) is 1. The molecule has 152 valence electrons. The van der Waals surface area contributed by atoms with Gasteiger partial charge in [0.2, 0.25) is 0 Å². The van der Waals surface area contributed by atoms with Gasteiger partial charge in [0.05, 0.1) is 12.1 Å². The van der Waals surface area contributed by atoms with Crippen molar-refractivity contribution >= 4 is 38.3 Å². The highest BCUT2D eigenvalue weighted by Gasteiger charge is 2.18. The van der Waals surface area contributed by atoms with Crippen LogP contribution in [0.2, 0.25) is 0 Å². The number of carbonyl (C=O) groups excluding carboxylic acids is 1. The predicted octanol–water partition coefficient (Wildman–Crippen LogP) is 4.50. The lowest BCUT2D eigenvalue weighted by Gasteiger charge is -2.10. The first-order valence-corrected chi connectivity index (χ1v) is 10.2. The number of hydrogen-bond acceptors (Lipinski definition) is 4. The number of para-hydroxylation sites is 1. The summed E-state index contributed by atoms with van der Waals surface area (Å²) in [5, 5.41) is 4.98. The van der Waals surface area contributed by atoms with Crippen molar-refractivity contribution in [3.05, 3.63) is 99.1 Å². The van der Waals surface area contributed by atoms with Crippen molar-refractivity contribution in [2.45, 2.75) is 6.54 Å². The number of fused-ring (bicyclic) bond motifs is 3. The van der Waals surface area contributed by atoms with Crippen LogP contribution in [0.4, 0.5) is 4.39 Å². The molecule has 0 radical (unpaired) electrons. The van der Waals surface area contributed by atoms with Gasteiger partial charge in [-0.25, -0.2) is 14.2 Å². The molecule has 0 aliphatic carbocycles. The number of rotatable bonds is 4. The highest BCUT2D eigenvalue weighted by atomic mass is 79.9. The van der Waals surface area contributed by atoms with Crippen LogP contribution in [0.25, 0.3) is 27.9 Å². The Bertz CT molecular complexity index is 1520. The van der Waals surface area contributed by atoms with Crippen LogP contribution in [0.3, 0.4) is 0 Å². The molecule has 3 aromatic carbocycles. The van der Waals surface area contributed by atoms with E-state index in [-0.39, 0.29) is 18.2 Å². The summed E-state index contributed by atoms with van der Waals surface area (Å²) >= 11 is 3.35. The molecule has 31 heavy (non-hydrogen) atoms. The molecule has 0 atom stereocenters. The Morgan fingerprint density at radius 2 is 1.77 bits per heavy atom. The van der Waals surface area contributed by atoms with Crippen molar-refractivity contribution < 1.29 is 9.18 Å². The van der Waals surface area contributed by atoms with Crippen LogP contribution in [0.5, 0.6) is 0 Å². The fraction of sp³-hybridized carbons (Fsp3) is 0.0435. The standard InChI is InChI=1S/C23H14BrFN4O2/c24-16-10-8-14(9-11-16)20(30)13-28-19-7-2-1-6-18(19)22-26-21(27-29(22)23(28)31)15-4-3-5-17(25)12-15/h1-12H,13H2. The summed E-state index contributed by atoms with van der Waals surface area (Å²) in [4.78, 5) is 30.6. The molecule has 0 aliphatic heterocycles. The summed E-state index contributed by atoms with van der Waals surface area (Å²) < 4.78 is 17.1. The van der Waals surface area contributed by atoms with Gasteiger partial charge in [0.25, 0.3) is 0 Å². The van der Waals surface area contributed by atoms with Crippen molar-refractivity contribution in [3.63, 3.8) is 0 Å². The molecule has 5 aromatic rings. The molecule has 5 rings (SSSR count). The normalized spacial score (nSPS) is 11.3. The quantitative estimate of drug-likeness (QED) is 0.358. The zero-order valence-corrected chi connectivity index (χ0v) is 17.6. The van der Waals surface area contributed by atoms with Gasteiger partial charge in [-0.1, -0.05) is 52.3 Å². The molecule has 0 unspecified atom stereocenters. The van der Waals surface area contributed by atoms with Crippen LogP contribution in [0.15, 0.2) is 82.1 Å².